The second-order valence-corrected chi connectivity index (χ2v) is 11.7. The van der Waals surface area contributed by atoms with Crippen LogP contribution < -0.4 is 16.0 Å². The van der Waals surface area contributed by atoms with E-state index in [-0.39, 0.29) is 17.4 Å². The fraction of sp³-hybridized carbons (Fsp3) is 0.586. The minimum absolute atomic E-state index is 0.0913. The average Bonchev–Trinajstić information content (AvgIpc) is 2.84. The zero-order chi connectivity index (χ0) is 25.8. The number of aryl methyl sites for hydroxylation is 1. The Kier molecular flexibility index (Phi) is 6.47. The summed E-state index contributed by atoms with van der Waals surface area (Å²) < 4.78 is 6.16. The summed E-state index contributed by atoms with van der Waals surface area (Å²) in [5.74, 6) is 1.11. The van der Waals surface area contributed by atoms with Crippen LogP contribution in [0.25, 0.3) is 0 Å². The molecule has 2 aliphatic carbocycles. The molecule has 2 aromatic carbocycles. The monoisotopic (exact) mass is 495 g/mol. The summed E-state index contributed by atoms with van der Waals surface area (Å²) >= 11 is 0. The Hall–Kier alpha value is -2.00. The van der Waals surface area contributed by atoms with Crippen LogP contribution in [0.5, 0.6) is 5.75 Å². The van der Waals surface area contributed by atoms with Gasteiger partial charge in [-0.2, -0.15) is 5.48 Å². The molecule has 5 rings (SSSR count). The van der Waals surface area contributed by atoms with Crippen molar-refractivity contribution in [2.75, 3.05) is 27.2 Å². The summed E-state index contributed by atoms with van der Waals surface area (Å²) in [5, 5.41) is 23.6. The summed E-state index contributed by atoms with van der Waals surface area (Å²) in [6.07, 6.45) is 3.88. The summed E-state index contributed by atoms with van der Waals surface area (Å²) in [6.45, 7) is 5.04. The van der Waals surface area contributed by atoms with Gasteiger partial charge in [0.2, 0.25) is 0 Å². The van der Waals surface area contributed by atoms with E-state index in [1.54, 1.807) is 6.92 Å². The lowest BCUT2D eigenvalue weighted by atomic mass is 9.49. The summed E-state index contributed by atoms with van der Waals surface area (Å²) in [5.41, 5.74) is 9.19. The zero-order valence-corrected chi connectivity index (χ0v) is 22.0. The molecule has 1 saturated carbocycles. The molecule has 1 saturated heterocycles. The molecule has 1 aliphatic heterocycles. The lowest BCUT2D eigenvalue weighted by Crippen LogP contribution is -2.76. The Bertz CT molecular complexity index is 1090. The average molecular weight is 496 g/mol. The smallest absolute Gasteiger partial charge is 0.171 e. The first kappa shape index (κ1) is 25.6. The Balaban J connectivity index is 1.38. The van der Waals surface area contributed by atoms with Gasteiger partial charge in [-0.3, -0.25) is 10.6 Å². The molecule has 2 unspecified atom stereocenters. The van der Waals surface area contributed by atoms with E-state index in [0.717, 1.165) is 30.6 Å². The molecule has 0 amide bonds. The number of ether oxygens (including phenoxy) is 1. The summed E-state index contributed by atoms with van der Waals surface area (Å²) in [7, 11) is 3.94. The molecule has 7 heteroatoms. The molecule has 3 aliphatic rings. The van der Waals surface area contributed by atoms with Crippen LogP contribution in [0.4, 0.5) is 0 Å². The van der Waals surface area contributed by atoms with Crippen LogP contribution in [0.3, 0.4) is 0 Å². The highest BCUT2D eigenvalue weighted by molar-refractivity contribution is 5.45. The number of fused-ring (bicyclic) bond motifs is 3. The van der Waals surface area contributed by atoms with E-state index in [4.69, 9.17) is 15.3 Å². The molecule has 1 heterocycles. The maximum absolute atomic E-state index is 11.9. The lowest BCUT2D eigenvalue weighted by Gasteiger charge is -2.59. The van der Waals surface area contributed by atoms with E-state index in [9.17, 15) is 10.2 Å². The van der Waals surface area contributed by atoms with E-state index >= 15 is 0 Å². The number of hydrogen-bond donors (Lipinski definition) is 4. The van der Waals surface area contributed by atoms with Gasteiger partial charge in [0.1, 0.15) is 24.0 Å². The van der Waals surface area contributed by atoms with Crippen LogP contribution in [-0.2, 0) is 22.3 Å². The number of aliphatic hydroxyl groups is 2. The number of rotatable bonds is 7. The van der Waals surface area contributed by atoms with Crippen LogP contribution in [0, 0.1) is 5.92 Å². The van der Waals surface area contributed by atoms with Crippen molar-refractivity contribution in [2.45, 2.75) is 74.3 Å². The number of benzene rings is 2. The van der Waals surface area contributed by atoms with Gasteiger partial charge in [0.05, 0.1) is 5.60 Å². The van der Waals surface area contributed by atoms with Gasteiger partial charge in [-0.25, -0.2) is 0 Å². The maximum Gasteiger partial charge on any atom is 0.171 e. The minimum atomic E-state index is -1.27. The molecule has 2 fully saturated rings. The number of hydrogen-bond acceptors (Lipinski definition) is 7. The van der Waals surface area contributed by atoms with Gasteiger partial charge in [0.15, 0.2) is 5.72 Å². The van der Waals surface area contributed by atoms with Crippen LogP contribution in [0.2, 0.25) is 0 Å². The highest BCUT2D eigenvalue weighted by atomic mass is 16.7. The van der Waals surface area contributed by atoms with Gasteiger partial charge in [-0.15, -0.1) is 0 Å². The zero-order valence-electron chi connectivity index (χ0n) is 22.0. The van der Waals surface area contributed by atoms with Crippen molar-refractivity contribution in [1.29, 1.82) is 0 Å². The molecular weight excluding hydrogens is 454 g/mol. The highest BCUT2D eigenvalue weighted by Gasteiger charge is 2.60. The lowest BCUT2D eigenvalue weighted by molar-refractivity contribution is -0.254. The van der Waals surface area contributed by atoms with Gasteiger partial charge >= 0.3 is 0 Å². The number of hydroxylamine groups is 1. The quantitative estimate of drug-likeness (QED) is 0.469. The molecule has 7 nitrogen and oxygen atoms in total. The van der Waals surface area contributed by atoms with Crippen molar-refractivity contribution in [2.24, 2.45) is 11.7 Å². The Labute approximate surface area is 214 Å². The number of likely N-dealkylation sites (N-methyl/N-ethyl adjacent to an activating group) is 1. The SMILES string of the molecule is CC[C@@]12C[C@@](C)(O)[C@](O)(c3ccccc3)C[C@H]1CCc1cc(OCC3NOC3(N)CN(C)C)ccc12. The molecule has 0 aromatic heterocycles. The number of nitrogens with two attached hydrogens (primary N) is 1. The standard InChI is InChI=1S/C29H41N3O4/c1-5-27-18-26(2,33)28(34,21-9-7-6-8-10-21)16-22(27)12-11-20-15-23(13-14-24(20)27)35-17-25-29(30,36-31-25)19-32(3)4/h6-10,13-15,22,25,31,33-34H,5,11-12,16-19,30H2,1-4H3/t22-,25?,26-,27-,28-,29?/m1/s1. The van der Waals surface area contributed by atoms with E-state index in [1.807, 2.05) is 55.4 Å². The molecule has 2 aromatic rings. The third-order valence-electron chi connectivity index (χ3n) is 9.09. The van der Waals surface area contributed by atoms with Gasteiger partial charge in [0.25, 0.3) is 0 Å². The number of nitrogens with one attached hydrogen (secondary N) is 1. The first-order valence-electron chi connectivity index (χ1n) is 13.2. The van der Waals surface area contributed by atoms with E-state index < -0.39 is 16.9 Å². The van der Waals surface area contributed by atoms with Gasteiger partial charge in [-0.05, 0) is 87.9 Å². The third-order valence-corrected chi connectivity index (χ3v) is 9.09. The van der Waals surface area contributed by atoms with Crippen LogP contribution in [-0.4, -0.2) is 59.7 Å². The van der Waals surface area contributed by atoms with Crippen molar-refractivity contribution in [3.8, 4) is 5.75 Å². The van der Waals surface area contributed by atoms with Gasteiger partial charge < -0.3 is 19.8 Å². The van der Waals surface area contributed by atoms with Crippen molar-refractivity contribution in [3.63, 3.8) is 0 Å². The third kappa shape index (κ3) is 4.06. The topological polar surface area (TPSA) is 100 Å². The van der Waals surface area contributed by atoms with Gasteiger partial charge in [-0.1, -0.05) is 43.3 Å². The van der Waals surface area contributed by atoms with E-state index in [2.05, 4.69) is 24.5 Å². The number of nitrogens with zero attached hydrogens (tertiary/aromatic N) is 1. The molecule has 0 bridgehead atoms. The molecule has 0 radical (unpaired) electrons. The van der Waals surface area contributed by atoms with Crippen LogP contribution in [0.1, 0.15) is 56.2 Å². The molecular formula is C29H41N3O4. The Morgan fingerprint density at radius 2 is 1.92 bits per heavy atom. The highest BCUT2D eigenvalue weighted by Crippen LogP contribution is 2.60. The van der Waals surface area contributed by atoms with Crippen molar-refractivity contribution >= 4 is 0 Å². The summed E-state index contributed by atoms with van der Waals surface area (Å²) in [6, 6.07) is 16.0. The van der Waals surface area contributed by atoms with Crippen LogP contribution in [0.15, 0.2) is 48.5 Å². The first-order chi connectivity index (χ1) is 17.0. The molecule has 5 N–H and O–H groups in total. The molecule has 0 spiro atoms. The largest absolute Gasteiger partial charge is 0.492 e. The van der Waals surface area contributed by atoms with Crippen LogP contribution >= 0.6 is 0 Å². The predicted molar refractivity (Wildman–Crippen MR) is 139 cm³/mol. The second-order valence-electron chi connectivity index (χ2n) is 11.7. The first-order valence-corrected chi connectivity index (χ1v) is 13.2. The Morgan fingerprint density at radius 3 is 2.56 bits per heavy atom. The maximum atomic E-state index is 11.9. The normalized spacial score (nSPS) is 37.7. The van der Waals surface area contributed by atoms with Crippen molar-refractivity contribution in [1.82, 2.24) is 10.4 Å². The molecule has 6 atom stereocenters. The van der Waals surface area contributed by atoms with E-state index in [0.29, 0.717) is 26.0 Å². The van der Waals surface area contributed by atoms with Gasteiger partial charge in [0, 0.05) is 12.0 Å². The second kappa shape index (κ2) is 9.08. The molecule has 36 heavy (non-hydrogen) atoms. The Morgan fingerprint density at radius 1 is 1.17 bits per heavy atom. The van der Waals surface area contributed by atoms with Crippen molar-refractivity contribution in [3.05, 3.63) is 65.2 Å². The predicted octanol–water partition coefficient (Wildman–Crippen LogP) is 2.83. The van der Waals surface area contributed by atoms with E-state index in [1.165, 1.54) is 11.1 Å². The summed E-state index contributed by atoms with van der Waals surface area (Å²) in [4.78, 5) is 7.44. The van der Waals surface area contributed by atoms with Crippen molar-refractivity contribution < 1.29 is 19.8 Å². The fourth-order valence-corrected chi connectivity index (χ4v) is 7.08. The minimum Gasteiger partial charge on any atom is -0.492 e. The fourth-order valence-electron chi connectivity index (χ4n) is 7.08. The molecule has 196 valence electrons.